The Morgan fingerprint density at radius 2 is 1.41 bits per heavy atom. The topological polar surface area (TPSA) is 46.2 Å². The Morgan fingerprint density at radius 1 is 0.882 bits per heavy atom. The summed E-state index contributed by atoms with van der Waals surface area (Å²) in [6, 6.07) is 17.9. The van der Waals surface area contributed by atoms with E-state index in [0.717, 1.165) is 11.1 Å². The molecule has 2 nitrogen and oxygen atoms in total. The second-order valence-corrected chi connectivity index (χ2v) is 3.78. The van der Waals surface area contributed by atoms with Crippen LogP contribution in [0.15, 0.2) is 54.6 Å². The van der Waals surface area contributed by atoms with Crippen molar-refractivity contribution >= 4 is 12.4 Å². The van der Waals surface area contributed by atoms with E-state index in [-0.39, 0.29) is 25.1 Å². The van der Waals surface area contributed by atoms with Gasteiger partial charge in [0.25, 0.3) is 0 Å². The molecule has 0 aliphatic carbocycles. The molecule has 90 valence electrons. The van der Waals surface area contributed by atoms with Crippen LogP contribution in [-0.4, -0.2) is 11.7 Å². The van der Waals surface area contributed by atoms with Gasteiger partial charge in [-0.1, -0.05) is 54.6 Å². The van der Waals surface area contributed by atoms with E-state index in [0.29, 0.717) is 0 Å². The molecule has 2 aromatic rings. The highest BCUT2D eigenvalue weighted by atomic mass is 35.5. The Bertz CT molecular complexity index is 442. The number of hydrogen-bond donors (Lipinski definition) is 2. The van der Waals surface area contributed by atoms with Crippen LogP contribution in [-0.2, 0) is 0 Å². The molecular formula is C14H16ClNO. The van der Waals surface area contributed by atoms with Crippen LogP contribution < -0.4 is 5.73 Å². The molecule has 0 heterocycles. The summed E-state index contributed by atoms with van der Waals surface area (Å²) in [7, 11) is 0. The summed E-state index contributed by atoms with van der Waals surface area (Å²) in [4.78, 5) is 0. The first-order valence-corrected chi connectivity index (χ1v) is 5.33. The van der Waals surface area contributed by atoms with E-state index >= 15 is 0 Å². The molecule has 0 aliphatic heterocycles. The third-order valence-electron chi connectivity index (χ3n) is 2.64. The van der Waals surface area contributed by atoms with Gasteiger partial charge >= 0.3 is 0 Å². The standard InChI is InChI=1S/C14H15NO.ClH/c15-14(10-16)13-8-6-12(7-9-13)11-4-2-1-3-5-11;/h1-9,14,16H,10,15H2;1H. The Balaban J connectivity index is 0.00000144. The summed E-state index contributed by atoms with van der Waals surface area (Å²) in [5, 5.41) is 8.95. The Labute approximate surface area is 108 Å². The lowest BCUT2D eigenvalue weighted by Crippen LogP contribution is -2.14. The fraction of sp³-hybridized carbons (Fsp3) is 0.143. The van der Waals surface area contributed by atoms with E-state index in [4.69, 9.17) is 10.8 Å². The number of aliphatic hydroxyl groups is 1. The van der Waals surface area contributed by atoms with E-state index in [1.807, 2.05) is 42.5 Å². The first-order chi connectivity index (χ1) is 7.81. The van der Waals surface area contributed by atoms with Crippen molar-refractivity contribution in [2.75, 3.05) is 6.61 Å². The summed E-state index contributed by atoms with van der Waals surface area (Å²) in [6.07, 6.45) is 0. The summed E-state index contributed by atoms with van der Waals surface area (Å²) < 4.78 is 0. The van der Waals surface area contributed by atoms with Crippen molar-refractivity contribution in [3.8, 4) is 11.1 Å². The summed E-state index contributed by atoms with van der Waals surface area (Å²) in [5.41, 5.74) is 9.04. The molecule has 0 aromatic heterocycles. The summed E-state index contributed by atoms with van der Waals surface area (Å²) in [5.74, 6) is 0. The van der Waals surface area contributed by atoms with Crippen LogP contribution in [0.5, 0.6) is 0 Å². The van der Waals surface area contributed by atoms with Gasteiger partial charge in [0.05, 0.1) is 12.6 Å². The lowest BCUT2D eigenvalue weighted by molar-refractivity contribution is 0.268. The van der Waals surface area contributed by atoms with Gasteiger partial charge in [0.15, 0.2) is 0 Å². The van der Waals surface area contributed by atoms with Crippen molar-refractivity contribution in [2.24, 2.45) is 5.73 Å². The van der Waals surface area contributed by atoms with Gasteiger partial charge in [-0.25, -0.2) is 0 Å². The highest BCUT2D eigenvalue weighted by molar-refractivity contribution is 5.85. The number of hydrogen-bond acceptors (Lipinski definition) is 2. The molecule has 3 N–H and O–H groups in total. The van der Waals surface area contributed by atoms with Crippen LogP contribution in [0, 0.1) is 0 Å². The number of rotatable bonds is 3. The maximum absolute atomic E-state index is 8.95. The maximum Gasteiger partial charge on any atom is 0.0624 e. The van der Waals surface area contributed by atoms with Gasteiger partial charge in [-0.3, -0.25) is 0 Å². The number of halogens is 1. The molecule has 0 aliphatic rings. The number of benzene rings is 2. The molecule has 0 bridgehead atoms. The van der Waals surface area contributed by atoms with E-state index in [2.05, 4.69) is 12.1 Å². The van der Waals surface area contributed by atoms with Crippen LogP contribution in [0.3, 0.4) is 0 Å². The van der Waals surface area contributed by atoms with Gasteiger partial charge in [0.2, 0.25) is 0 Å². The number of aliphatic hydroxyl groups excluding tert-OH is 1. The van der Waals surface area contributed by atoms with Crippen LogP contribution in [0.2, 0.25) is 0 Å². The van der Waals surface area contributed by atoms with Crippen LogP contribution in [0.1, 0.15) is 11.6 Å². The quantitative estimate of drug-likeness (QED) is 0.879. The van der Waals surface area contributed by atoms with Gasteiger partial charge in [0.1, 0.15) is 0 Å². The lowest BCUT2D eigenvalue weighted by atomic mass is 10.0. The minimum Gasteiger partial charge on any atom is -0.394 e. The van der Waals surface area contributed by atoms with Gasteiger partial charge in [-0.2, -0.15) is 0 Å². The zero-order valence-electron chi connectivity index (χ0n) is 9.41. The predicted octanol–water partition coefficient (Wildman–Crippen LogP) is 2.77. The average Bonchev–Trinajstić information content (AvgIpc) is 2.39. The first-order valence-electron chi connectivity index (χ1n) is 5.33. The maximum atomic E-state index is 8.95. The Morgan fingerprint density at radius 3 is 1.94 bits per heavy atom. The van der Waals surface area contributed by atoms with Crippen molar-refractivity contribution in [3.05, 3.63) is 60.2 Å². The zero-order chi connectivity index (χ0) is 11.4. The van der Waals surface area contributed by atoms with Gasteiger partial charge in [-0.05, 0) is 16.7 Å². The van der Waals surface area contributed by atoms with Gasteiger partial charge in [0, 0.05) is 0 Å². The van der Waals surface area contributed by atoms with E-state index in [1.165, 1.54) is 5.56 Å². The molecule has 0 amide bonds. The smallest absolute Gasteiger partial charge is 0.0624 e. The molecule has 0 spiro atoms. The second kappa shape index (κ2) is 6.40. The average molecular weight is 250 g/mol. The summed E-state index contributed by atoms with van der Waals surface area (Å²) in [6.45, 7) is -0.0231. The molecule has 1 atom stereocenters. The zero-order valence-corrected chi connectivity index (χ0v) is 10.2. The molecule has 17 heavy (non-hydrogen) atoms. The Hall–Kier alpha value is -1.35. The van der Waals surface area contributed by atoms with E-state index in [1.54, 1.807) is 0 Å². The molecule has 3 heteroatoms. The fourth-order valence-electron chi connectivity index (χ4n) is 1.66. The Kier molecular flexibility index (Phi) is 5.16. The molecule has 0 fully saturated rings. The first kappa shape index (κ1) is 13.7. The summed E-state index contributed by atoms with van der Waals surface area (Å²) >= 11 is 0. The minimum atomic E-state index is -0.287. The monoisotopic (exact) mass is 249 g/mol. The third kappa shape index (κ3) is 3.30. The fourth-order valence-corrected chi connectivity index (χ4v) is 1.66. The van der Waals surface area contributed by atoms with Crippen molar-refractivity contribution in [2.45, 2.75) is 6.04 Å². The third-order valence-corrected chi connectivity index (χ3v) is 2.64. The van der Waals surface area contributed by atoms with Gasteiger partial charge in [-0.15, -0.1) is 12.4 Å². The van der Waals surface area contributed by atoms with Gasteiger partial charge < -0.3 is 10.8 Å². The highest BCUT2D eigenvalue weighted by Crippen LogP contribution is 2.20. The van der Waals surface area contributed by atoms with Crippen molar-refractivity contribution in [1.29, 1.82) is 0 Å². The largest absolute Gasteiger partial charge is 0.394 e. The lowest BCUT2D eigenvalue weighted by Gasteiger charge is -2.09. The van der Waals surface area contributed by atoms with E-state index in [9.17, 15) is 0 Å². The predicted molar refractivity (Wildman–Crippen MR) is 73.1 cm³/mol. The second-order valence-electron chi connectivity index (χ2n) is 3.78. The molecule has 2 aromatic carbocycles. The molecule has 2 rings (SSSR count). The van der Waals surface area contributed by atoms with Crippen LogP contribution >= 0.6 is 12.4 Å². The molecule has 0 radical (unpaired) electrons. The van der Waals surface area contributed by atoms with Crippen molar-refractivity contribution in [1.82, 2.24) is 0 Å². The minimum absolute atomic E-state index is 0. The molecular weight excluding hydrogens is 234 g/mol. The van der Waals surface area contributed by atoms with E-state index < -0.39 is 0 Å². The molecule has 0 saturated heterocycles. The SMILES string of the molecule is Cl.NC(CO)c1ccc(-c2ccccc2)cc1. The van der Waals surface area contributed by atoms with Crippen molar-refractivity contribution in [3.63, 3.8) is 0 Å². The number of nitrogens with two attached hydrogens (primary N) is 1. The van der Waals surface area contributed by atoms with Crippen LogP contribution in [0.4, 0.5) is 0 Å². The van der Waals surface area contributed by atoms with Crippen molar-refractivity contribution < 1.29 is 5.11 Å². The molecule has 0 saturated carbocycles. The highest BCUT2D eigenvalue weighted by Gasteiger charge is 2.03. The normalized spacial score (nSPS) is 11.6. The molecule has 1 unspecified atom stereocenters. The van der Waals surface area contributed by atoms with Crippen LogP contribution in [0.25, 0.3) is 11.1 Å².